The molecule has 0 spiro atoms. The Morgan fingerprint density at radius 2 is 0.922 bits per heavy atom. The summed E-state index contributed by atoms with van der Waals surface area (Å²) in [7, 11) is 0. The van der Waals surface area contributed by atoms with Crippen LogP contribution in [0.2, 0.25) is 0 Å². The van der Waals surface area contributed by atoms with Gasteiger partial charge in [-0.1, -0.05) is 50.2 Å². The minimum Gasteiger partial charge on any atom is -0.493 e. The lowest BCUT2D eigenvalue weighted by atomic mass is 9.90. The number of hydrogen-bond donors (Lipinski definition) is 2. The van der Waals surface area contributed by atoms with E-state index in [1.54, 1.807) is 12.4 Å². The maximum atomic E-state index is 12.8. The van der Waals surface area contributed by atoms with Gasteiger partial charge in [0.15, 0.2) is 11.5 Å². The van der Waals surface area contributed by atoms with Crippen molar-refractivity contribution in [3.8, 4) is 23.0 Å². The third kappa shape index (κ3) is 8.81. The number of benzene rings is 4. The van der Waals surface area contributed by atoms with E-state index in [0.29, 0.717) is 84.4 Å². The number of aliphatic imine (C=N–C) groups is 2. The standard InChI is InChI=1S/C54H48N4O6/c1-3-23-61-49-37-11-5-12-38(49)30-42-26-36(34-60)28-44(52(42)64-54(47-17-9-21-57-47)48-18-10-22-58-48)32-40-14-6-13-39(50(40)62-24-4-2)31-43-27-35(33-59)25-41(29-37)51(43)63-53(45-15-7-19-55-45)46-16-8-20-56-46/h5-22,25-28,33-34,55,57H,3-4,23-24,29-32H2,1-2H3/b53-46-,54-48+. The third-order valence-electron chi connectivity index (χ3n) is 11.2. The summed E-state index contributed by atoms with van der Waals surface area (Å²) in [6.07, 6.45) is 19.7. The first kappa shape index (κ1) is 41.6. The van der Waals surface area contributed by atoms with E-state index in [1.165, 1.54) is 0 Å². The van der Waals surface area contributed by atoms with Crippen molar-refractivity contribution in [2.24, 2.45) is 9.98 Å². The lowest BCUT2D eigenvalue weighted by molar-refractivity contribution is 0.111. The van der Waals surface area contributed by atoms with Gasteiger partial charge in [0.05, 0.1) is 24.6 Å². The third-order valence-corrected chi connectivity index (χ3v) is 11.2. The Balaban J connectivity index is 1.30. The number of allylic oxidation sites excluding steroid dienone is 4. The topological polar surface area (TPSA) is 127 Å². The Bertz CT molecular complexity index is 2580. The Hall–Kier alpha value is -7.72. The first-order valence-corrected chi connectivity index (χ1v) is 21.8. The SMILES string of the molecule is CCCOc1c2cccc1Cc1cc(C=O)cc(c1O/C(=C1\C=CC=N1)c1ccc[nH]1)Cc1cccc(c1OCCC)Cc1cc(C=O)cc(c1O/C(=C1/C=CC=N1)c1ccc[nH]1)C2. The molecule has 0 fully saturated rings. The van der Waals surface area contributed by atoms with Crippen LogP contribution >= 0.6 is 0 Å². The molecule has 0 saturated carbocycles. The van der Waals surface area contributed by atoms with Gasteiger partial charge in [0, 0.05) is 83.9 Å². The summed E-state index contributed by atoms with van der Waals surface area (Å²) in [4.78, 5) is 41.6. The van der Waals surface area contributed by atoms with Gasteiger partial charge in [-0.2, -0.15) is 0 Å². The maximum absolute atomic E-state index is 12.8. The number of carbonyl (C=O) groups excluding carboxylic acids is 2. The fourth-order valence-corrected chi connectivity index (χ4v) is 8.43. The fraction of sp³-hybridized carbons (Fsp3) is 0.185. The van der Waals surface area contributed by atoms with Crippen LogP contribution in [0.5, 0.6) is 23.0 Å². The molecule has 9 rings (SSSR count). The molecule has 10 heteroatoms. The number of aldehydes is 2. The molecule has 0 radical (unpaired) electrons. The molecular weight excluding hydrogens is 801 g/mol. The van der Waals surface area contributed by atoms with Crippen LogP contribution in [0, 0.1) is 0 Å². The number of para-hydroxylation sites is 2. The van der Waals surface area contributed by atoms with Crippen LogP contribution in [0.15, 0.2) is 143 Å². The number of carbonyl (C=O) groups is 2. The predicted molar refractivity (Wildman–Crippen MR) is 251 cm³/mol. The normalized spacial score (nSPS) is 15.3. The molecule has 4 heterocycles. The van der Waals surface area contributed by atoms with Gasteiger partial charge in [-0.3, -0.25) is 19.6 Å². The van der Waals surface area contributed by atoms with Crippen molar-refractivity contribution in [1.82, 2.24) is 9.97 Å². The van der Waals surface area contributed by atoms with Crippen LogP contribution in [0.3, 0.4) is 0 Å². The highest BCUT2D eigenvalue weighted by Crippen LogP contribution is 2.42. The summed E-state index contributed by atoms with van der Waals surface area (Å²) in [5.41, 5.74) is 10.8. The van der Waals surface area contributed by atoms with E-state index in [9.17, 15) is 9.59 Å². The van der Waals surface area contributed by atoms with E-state index in [-0.39, 0.29) is 0 Å². The van der Waals surface area contributed by atoms with E-state index in [1.807, 2.05) is 97.4 Å². The molecular formula is C54H48N4O6. The van der Waals surface area contributed by atoms with Gasteiger partial charge >= 0.3 is 0 Å². The number of aromatic nitrogens is 2. The second kappa shape index (κ2) is 19.1. The van der Waals surface area contributed by atoms with Crippen molar-refractivity contribution in [1.29, 1.82) is 0 Å². The molecule has 1 aliphatic carbocycles. The van der Waals surface area contributed by atoms with E-state index in [0.717, 1.165) is 92.8 Å². The molecule has 0 unspecified atom stereocenters. The second-order valence-corrected chi connectivity index (χ2v) is 15.9. The van der Waals surface area contributed by atoms with Crippen LogP contribution in [0.4, 0.5) is 0 Å². The number of hydrogen-bond acceptors (Lipinski definition) is 8. The van der Waals surface area contributed by atoms with Crippen LogP contribution in [-0.4, -0.2) is 48.2 Å². The molecule has 6 aromatic rings. The molecule has 2 aromatic heterocycles. The quantitative estimate of drug-likeness (QED) is 0.0829. The molecule has 64 heavy (non-hydrogen) atoms. The van der Waals surface area contributed by atoms with Gasteiger partial charge in [0.25, 0.3) is 0 Å². The zero-order valence-corrected chi connectivity index (χ0v) is 35.9. The summed E-state index contributed by atoms with van der Waals surface area (Å²) < 4.78 is 27.7. The van der Waals surface area contributed by atoms with Gasteiger partial charge in [0.2, 0.25) is 0 Å². The van der Waals surface area contributed by atoms with Crippen molar-refractivity contribution >= 4 is 36.5 Å². The highest BCUT2D eigenvalue weighted by atomic mass is 16.5. The van der Waals surface area contributed by atoms with Crippen LogP contribution in [0.1, 0.15) is 103 Å². The fourth-order valence-electron chi connectivity index (χ4n) is 8.43. The summed E-state index contributed by atoms with van der Waals surface area (Å²) in [5, 5.41) is 0. The van der Waals surface area contributed by atoms with Gasteiger partial charge in [-0.05, 0) is 108 Å². The largest absolute Gasteiger partial charge is 0.493 e. The summed E-state index contributed by atoms with van der Waals surface area (Å²) in [5.74, 6) is 3.80. The lowest BCUT2D eigenvalue weighted by Crippen LogP contribution is -2.11. The minimum absolute atomic E-state index is 0.374. The zero-order chi connectivity index (χ0) is 43.8. The van der Waals surface area contributed by atoms with Crippen molar-refractivity contribution < 1.29 is 28.5 Å². The molecule has 0 atom stereocenters. The van der Waals surface area contributed by atoms with Gasteiger partial charge in [-0.15, -0.1) is 0 Å². The number of rotatable bonds is 14. The number of H-pyrrole nitrogens is 2. The Kier molecular flexibility index (Phi) is 12.4. The van der Waals surface area contributed by atoms with E-state index in [4.69, 9.17) is 18.9 Å². The molecule has 0 amide bonds. The number of ether oxygens (including phenoxy) is 4. The molecule has 320 valence electrons. The highest BCUT2D eigenvalue weighted by molar-refractivity contribution is 5.83. The maximum Gasteiger partial charge on any atom is 0.176 e. The number of nitrogens with zero attached hydrogens (tertiary/aromatic N) is 2. The second-order valence-electron chi connectivity index (χ2n) is 15.9. The molecule has 4 aromatic carbocycles. The van der Waals surface area contributed by atoms with Crippen molar-refractivity contribution in [2.75, 3.05) is 13.2 Å². The molecule has 2 aliphatic heterocycles. The molecule has 10 nitrogen and oxygen atoms in total. The molecule has 2 N–H and O–H groups in total. The minimum atomic E-state index is 0.374. The number of fused-ring (bicyclic) bond motifs is 8. The van der Waals surface area contributed by atoms with Crippen LogP contribution in [-0.2, 0) is 25.7 Å². The Labute approximate surface area is 372 Å². The van der Waals surface area contributed by atoms with Gasteiger partial charge in [-0.25, -0.2) is 0 Å². The first-order valence-electron chi connectivity index (χ1n) is 21.8. The van der Waals surface area contributed by atoms with Gasteiger partial charge in [0.1, 0.15) is 47.0 Å². The monoisotopic (exact) mass is 848 g/mol. The van der Waals surface area contributed by atoms with E-state index < -0.39 is 0 Å². The van der Waals surface area contributed by atoms with Crippen molar-refractivity contribution in [2.45, 2.75) is 52.4 Å². The van der Waals surface area contributed by atoms with Crippen molar-refractivity contribution in [3.63, 3.8) is 0 Å². The zero-order valence-electron chi connectivity index (χ0n) is 35.9. The van der Waals surface area contributed by atoms with Crippen LogP contribution < -0.4 is 18.9 Å². The molecule has 8 bridgehead atoms. The Morgan fingerprint density at radius 1 is 0.531 bits per heavy atom. The van der Waals surface area contributed by atoms with E-state index >= 15 is 0 Å². The summed E-state index contributed by atoms with van der Waals surface area (Å²) in [6.45, 7) is 5.12. The molecule has 0 saturated heterocycles. The summed E-state index contributed by atoms with van der Waals surface area (Å²) >= 11 is 0. The Morgan fingerprint density at radius 3 is 1.22 bits per heavy atom. The van der Waals surface area contributed by atoms with E-state index in [2.05, 4.69) is 58.1 Å². The lowest BCUT2D eigenvalue weighted by Gasteiger charge is -2.24. The summed E-state index contributed by atoms with van der Waals surface area (Å²) in [6, 6.07) is 27.7. The smallest absolute Gasteiger partial charge is 0.176 e. The highest BCUT2D eigenvalue weighted by Gasteiger charge is 2.26. The predicted octanol–water partition coefficient (Wildman–Crippen LogP) is 11.0. The first-order chi connectivity index (χ1) is 31.5. The van der Waals surface area contributed by atoms with Gasteiger partial charge < -0.3 is 28.9 Å². The molecule has 3 aliphatic rings. The number of aromatic amines is 2. The van der Waals surface area contributed by atoms with Crippen LogP contribution in [0.25, 0.3) is 11.5 Å². The number of nitrogens with one attached hydrogen (secondary N) is 2. The van der Waals surface area contributed by atoms with Crippen molar-refractivity contribution in [3.05, 3.63) is 200 Å². The average Bonchev–Trinajstić information content (AvgIpc) is 4.18. The average molecular weight is 849 g/mol.